The van der Waals surface area contributed by atoms with Crippen LogP contribution < -0.4 is 5.32 Å². The lowest BCUT2D eigenvalue weighted by Gasteiger charge is -2.25. The topological polar surface area (TPSA) is 41.0 Å². The molecule has 1 aromatic heterocycles. The van der Waals surface area contributed by atoms with E-state index in [1.165, 1.54) is 0 Å². The number of aromatic nitrogens is 2. The van der Waals surface area contributed by atoms with Crippen LogP contribution in [0.2, 0.25) is 0 Å². The van der Waals surface area contributed by atoms with Gasteiger partial charge in [0.25, 0.3) is 0 Å². The summed E-state index contributed by atoms with van der Waals surface area (Å²) in [6, 6.07) is 8.38. The van der Waals surface area contributed by atoms with Crippen LogP contribution in [0.5, 0.6) is 0 Å². The molecule has 2 rings (SSSR count). The number of nitrogens with zero attached hydrogens (tertiary/aromatic N) is 3. The summed E-state index contributed by atoms with van der Waals surface area (Å²) in [7, 11) is 4.16. The number of para-hydroxylation sites is 1. The summed E-state index contributed by atoms with van der Waals surface area (Å²) in [5, 5.41) is 4.51. The van der Waals surface area contributed by atoms with Crippen molar-refractivity contribution >= 4 is 16.9 Å². The molecular weight excluding hydrogens is 236 g/mol. The van der Waals surface area contributed by atoms with Crippen molar-refractivity contribution in [2.75, 3.05) is 26.0 Å². The predicted octanol–water partition coefficient (Wildman–Crippen LogP) is 2.63. The normalized spacial score (nSPS) is 13.2. The molecule has 0 spiro atoms. The van der Waals surface area contributed by atoms with Gasteiger partial charge in [-0.2, -0.15) is 0 Å². The number of likely N-dealkylation sites (N-methyl/N-ethyl adjacent to an activating group) is 1. The van der Waals surface area contributed by atoms with Crippen LogP contribution in [-0.2, 0) is 0 Å². The van der Waals surface area contributed by atoms with Crippen molar-refractivity contribution in [2.24, 2.45) is 5.92 Å². The zero-order valence-electron chi connectivity index (χ0n) is 12.1. The van der Waals surface area contributed by atoms with Crippen LogP contribution in [0.25, 0.3) is 10.9 Å². The molecule has 0 saturated heterocycles. The molecule has 4 heteroatoms. The van der Waals surface area contributed by atoms with Crippen molar-refractivity contribution in [1.29, 1.82) is 0 Å². The van der Waals surface area contributed by atoms with Crippen LogP contribution >= 0.6 is 0 Å². The molecule has 1 unspecified atom stereocenters. The van der Waals surface area contributed by atoms with Gasteiger partial charge in [0.15, 0.2) is 0 Å². The molecule has 0 saturated carbocycles. The summed E-state index contributed by atoms with van der Waals surface area (Å²) in [5.74, 6) is 1.23. The quantitative estimate of drug-likeness (QED) is 0.895. The van der Waals surface area contributed by atoms with E-state index in [-0.39, 0.29) is 0 Å². The van der Waals surface area contributed by atoms with E-state index < -0.39 is 0 Å². The monoisotopic (exact) mass is 258 g/mol. The molecule has 0 aliphatic rings. The predicted molar refractivity (Wildman–Crippen MR) is 80.3 cm³/mol. The van der Waals surface area contributed by atoms with E-state index in [2.05, 4.69) is 48.1 Å². The van der Waals surface area contributed by atoms with E-state index in [0.717, 1.165) is 17.4 Å². The first-order chi connectivity index (χ1) is 9.06. The Morgan fingerprint density at radius 2 is 1.95 bits per heavy atom. The van der Waals surface area contributed by atoms with Crippen molar-refractivity contribution in [3.8, 4) is 0 Å². The van der Waals surface area contributed by atoms with Crippen molar-refractivity contribution in [3.05, 3.63) is 30.5 Å². The molecule has 0 aliphatic carbocycles. The van der Waals surface area contributed by atoms with Gasteiger partial charge in [0.2, 0.25) is 5.95 Å². The Morgan fingerprint density at radius 3 is 2.63 bits per heavy atom. The molecule has 0 bridgehead atoms. The minimum absolute atomic E-state index is 0.344. The Hall–Kier alpha value is -1.68. The van der Waals surface area contributed by atoms with Crippen LogP contribution in [0.1, 0.15) is 13.8 Å². The van der Waals surface area contributed by atoms with Gasteiger partial charge < -0.3 is 10.2 Å². The summed E-state index contributed by atoms with van der Waals surface area (Å²) in [6.07, 6.45) is 1.87. The smallest absolute Gasteiger partial charge is 0.223 e. The van der Waals surface area contributed by atoms with E-state index in [9.17, 15) is 0 Å². The third-order valence-corrected chi connectivity index (χ3v) is 3.17. The Morgan fingerprint density at radius 1 is 1.21 bits per heavy atom. The van der Waals surface area contributed by atoms with Crippen LogP contribution in [-0.4, -0.2) is 41.5 Å². The highest BCUT2D eigenvalue weighted by molar-refractivity contribution is 5.78. The minimum Gasteiger partial charge on any atom is -0.350 e. The summed E-state index contributed by atoms with van der Waals surface area (Å²) in [5.41, 5.74) is 0.979. The van der Waals surface area contributed by atoms with Gasteiger partial charge in [-0.3, -0.25) is 0 Å². The maximum atomic E-state index is 4.56. The number of nitrogens with one attached hydrogen (secondary N) is 1. The molecule has 4 nitrogen and oxygen atoms in total. The van der Waals surface area contributed by atoms with E-state index in [1.54, 1.807) is 0 Å². The summed E-state index contributed by atoms with van der Waals surface area (Å²) < 4.78 is 0. The van der Waals surface area contributed by atoms with E-state index >= 15 is 0 Å². The Kier molecular flexibility index (Phi) is 4.32. The maximum Gasteiger partial charge on any atom is 0.223 e. The molecule has 1 atom stereocenters. The van der Waals surface area contributed by atoms with Crippen molar-refractivity contribution in [1.82, 2.24) is 14.9 Å². The molecule has 1 aromatic carbocycles. The number of fused-ring (bicyclic) bond motifs is 1. The Bertz CT molecular complexity index is 536. The molecule has 1 N–H and O–H groups in total. The van der Waals surface area contributed by atoms with Gasteiger partial charge in [0, 0.05) is 24.2 Å². The number of hydrogen-bond acceptors (Lipinski definition) is 4. The highest BCUT2D eigenvalue weighted by Gasteiger charge is 2.15. The summed E-state index contributed by atoms with van der Waals surface area (Å²) >= 11 is 0. The molecule has 0 amide bonds. The lowest BCUT2D eigenvalue weighted by atomic mass is 10.0. The van der Waals surface area contributed by atoms with Gasteiger partial charge in [0.1, 0.15) is 0 Å². The number of rotatable bonds is 5. The fourth-order valence-corrected chi connectivity index (χ4v) is 2.02. The first-order valence-corrected chi connectivity index (χ1v) is 6.69. The van der Waals surface area contributed by atoms with Crippen molar-refractivity contribution < 1.29 is 0 Å². The summed E-state index contributed by atoms with van der Waals surface area (Å²) in [4.78, 5) is 11.1. The molecule has 2 aromatic rings. The van der Waals surface area contributed by atoms with Crippen LogP contribution in [0.15, 0.2) is 30.5 Å². The lowest BCUT2D eigenvalue weighted by molar-refractivity contribution is 0.344. The minimum atomic E-state index is 0.344. The second kappa shape index (κ2) is 5.97. The largest absolute Gasteiger partial charge is 0.350 e. The fourth-order valence-electron chi connectivity index (χ4n) is 2.02. The number of anilines is 1. The Labute approximate surface area is 114 Å². The van der Waals surface area contributed by atoms with Crippen molar-refractivity contribution in [3.63, 3.8) is 0 Å². The molecule has 19 heavy (non-hydrogen) atoms. The fraction of sp³-hybridized carbons (Fsp3) is 0.467. The average Bonchev–Trinajstić information content (AvgIpc) is 2.37. The molecule has 102 valence electrons. The van der Waals surface area contributed by atoms with Crippen LogP contribution in [0.3, 0.4) is 0 Å². The molecule has 0 fully saturated rings. The van der Waals surface area contributed by atoms with Gasteiger partial charge in [-0.15, -0.1) is 0 Å². The molecular formula is C15H22N4. The van der Waals surface area contributed by atoms with Gasteiger partial charge in [0.05, 0.1) is 5.52 Å². The standard InChI is InChI=1S/C15H22N4/c1-11(2)14(10-19(3)4)18-15-16-9-12-7-5-6-8-13(12)17-15/h5-9,11,14H,10H2,1-4H3,(H,16,17,18). The summed E-state index contributed by atoms with van der Waals surface area (Å²) in [6.45, 7) is 5.39. The highest BCUT2D eigenvalue weighted by atomic mass is 15.2. The maximum absolute atomic E-state index is 4.56. The average molecular weight is 258 g/mol. The molecule has 1 heterocycles. The third kappa shape index (κ3) is 3.64. The molecule has 0 radical (unpaired) electrons. The lowest BCUT2D eigenvalue weighted by Crippen LogP contribution is -2.36. The zero-order chi connectivity index (χ0) is 13.8. The van der Waals surface area contributed by atoms with E-state index in [4.69, 9.17) is 0 Å². The SMILES string of the molecule is CC(C)C(CN(C)C)Nc1ncc2ccccc2n1. The van der Waals surface area contributed by atoms with Gasteiger partial charge in [-0.25, -0.2) is 9.97 Å². The van der Waals surface area contributed by atoms with Crippen LogP contribution in [0, 0.1) is 5.92 Å². The number of benzene rings is 1. The van der Waals surface area contributed by atoms with Gasteiger partial charge >= 0.3 is 0 Å². The van der Waals surface area contributed by atoms with Gasteiger partial charge in [-0.1, -0.05) is 32.0 Å². The zero-order valence-corrected chi connectivity index (χ0v) is 12.1. The first-order valence-electron chi connectivity index (χ1n) is 6.69. The Balaban J connectivity index is 2.18. The van der Waals surface area contributed by atoms with Crippen LogP contribution in [0.4, 0.5) is 5.95 Å². The van der Waals surface area contributed by atoms with E-state index in [0.29, 0.717) is 17.9 Å². The van der Waals surface area contributed by atoms with Gasteiger partial charge in [-0.05, 0) is 26.1 Å². The highest BCUT2D eigenvalue weighted by Crippen LogP contribution is 2.14. The van der Waals surface area contributed by atoms with E-state index in [1.807, 2.05) is 30.5 Å². The van der Waals surface area contributed by atoms with Crippen molar-refractivity contribution in [2.45, 2.75) is 19.9 Å². The number of hydrogen-bond donors (Lipinski definition) is 1. The molecule has 0 aliphatic heterocycles. The second-order valence-electron chi connectivity index (χ2n) is 5.51. The first kappa shape index (κ1) is 13.7. The second-order valence-corrected chi connectivity index (χ2v) is 5.51. The third-order valence-electron chi connectivity index (χ3n) is 3.17.